The van der Waals surface area contributed by atoms with E-state index in [1.54, 1.807) is 19.2 Å². The predicted octanol–water partition coefficient (Wildman–Crippen LogP) is 3.04. The third kappa shape index (κ3) is 3.73. The van der Waals surface area contributed by atoms with E-state index < -0.39 is 0 Å². The second-order valence-corrected chi connectivity index (χ2v) is 5.27. The largest absolute Gasteiger partial charge is 0.314 e. The second-order valence-electron chi connectivity index (χ2n) is 5.27. The van der Waals surface area contributed by atoms with Crippen LogP contribution in [0, 0.1) is 23.0 Å². The summed E-state index contributed by atoms with van der Waals surface area (Å²) >= 11 is 0. The summed E-state index contributed by atoms with van der Waals surface area (Å²) < 4.78 is 0. The molecule has 2 unspecified atom stereocenters. The molecule has 1 rings (SSSR count). The first-order valence-corrected chi connectivity index (χ1v) is 6.72. The van der Waals surface area contributed by atoms with Gasteiger partial charge in [0.05, 0.1) is 10.6 Å². The predicted molar refractivity (Wildman–Crippen MR) is 76.3 cm³/mol. The number of hydrogen-bond acceptors (Lipinski definition) is 4. The fraction of sp³-hybridized carbons (Fsp3) is 0.643. The minimum atomic E-state index is -0.337. The van der Waals surface area contributed by atoms with Crippen LogP contribution in [0.5, 0.6) is 0 Å². The number of likely N-dealkylation sites (N-methyl/N-ethyl adjacent to an activating group) is 1. The lowest BCUT2D eigenvalue weighted by molar-refractivity contribution is -0.385. The fourth-order valence-corrected chi connectivity index (χ4v) is 2.53. The molecule has 0 saturated heterocycles. The number of nitrogens with zero attached hydrogens (tertiary/aromatic N) is 2. The van der Waals surface area contributed by atoms with Gasteiger partial charge in [0.25, 0.3) is 5.69 Å². The zero-order valence-electron chi connectivity index (χ0n) is 12.3. The molecule has 0 aliphatic heterocycles. The molecule has 0 bridgehead atoms. The van der Waals surface area contributed by atoms with Crippen molar-refractivity contribution in [1.82, 2.24) is 10.3 Å². The van der Waals surface area contributed by atoms with Crippen LogP contribution in [0.3, 0.4) is 0 Å². The zero-order chi connectivity index (χ0) is 14.6. The number of aromatic nitrogens is 1. The standard InChI is InChI=1S/C14H23N3O2/c1-6-15-11(5)14(9(2)3)12-7-13(17(18)19)10(4)8-16-12/h7-9,11,14-15H,6H2,1-5H3. The molecule has 0 aromatic carbocycles. The molecular weight excluding hydrogens is 242 g/mol. The van der Waals surface area contributed by atoms with Crippen molar-refractivity contribution < 1.29 is 4.92 Å². The molecule has 1 aromatic rings. The van der Waals surface area contributed by atoms with Crippen LogP contribution in [0.4, 0.5) is 5.69 Å². The topological polar surface area (TPSA) is 68.1 Å². The lowest BCUT2D eigenvalue weighted by Gasteiger charge is -2.27. The second kappa shape index (κ2) is 6.61. The molecule has 2 atom stereocenters. The van der Waals surface area contributed by atoms with Crippen LogP contribution >= 0.6 is 0 Å². The van der Waals surface area contributed by atoms with Gasteiger partial charge in [-0.2, -0.15) is 0 Å². The van der Waals surface area contributed by atoms with Crippen LogP contribution in [-0.4, -0.2) is 22.5 Å². The highest BCUT2D eigenvalue weighted by molar-refractivity contribution is 5.39. The molecule has 5 heteroatoms. The van der Waals surface area contributed by atoms with Crippen molar-refractivity contribution in [3.8, 4) is 0 Å². The Bertz CT molecular complexity index is 446. The Morgan fingerprint density at radius 2 is 2.05 bits per heavy atom. The van der Waals surface area contributed by atoms with E-state index in [1.807, 2.05) is 0 Å². The molecular formula is C14H23N3O2. The van der Waals surface area contributed by atoms with Crippen LogP contribution in [-0.2, 0) is 0 Å². The van der Waals surface area contributed by atoms with E-state index in [4.69, 9.17) is 0 Å². The highest BCUT2D eigenvalue weighted by Gasteiger charge is 2.25. The van der Waals surface area contributed by atoms with Crippen molar-refractivity contribution in [2.45, 2.75) is 46.6 Å². The van der Waals surface area contributed by atoms with Crippen LogP contribution in [0.1, 0.15) is 44.9 Å². The van der Waals surface area contributed by atoms with E-state index in [9.17, 15) is 10.1 Å². The van der Waals surface area contributed by atoms with Crippen molar-refractivity contribution in [3.63, 3.8) is 0 Å². The molecule has 0 saturated carbocycles. The molecule has 0 aliphatic rings. The SMILES string of the molecule is CCNC(C)C(c1cc([N+](=O)[O-])c(C)cn1)C(C)C. The monoisotopic (exact) mass is 265 g/mol. The molecule has 1 heterocycles. The smallest absolute Gasteiger partial charge is 0.275 e. The maximum Gasteiger partial charge on any atom is 0.275 e. The van der Waals surface area contributed by atoms with Gasteiger partial charge in [-0.25, -0.2) is 0 Å². The summed E-state index contributed by atoms with van der Waals surface area (Å²) in [5, 5.41) is 14.4. The van der Waals surface area contributed by atoms with E-state index >= 15 is 0 Å². The molecule has 5 nitrogen and oxygen atoms in total. The zero-order valence-corrected chi connectivity index (χ0v) is 12.3. The first-order chi connectivity index (χ1) is 8.88. The molecule has 106 valence electrons. The highest BCUT2D eigenvalue weighted by Crippen LogP contribution is 2.29. The number of nitrogens with one attached hydrogen (secondary N) is 1. The van der Waals surface area contributed by atoms with Gasteiger partial charge in [0.15, 0.2) is 0 Å². The first kappa shape index (κ1) is 15.6. The van der Waals surface area contributed by atoms with E-state index in [-0.39, 0.29) is 22.6 Å². The third-order valence-corrected chi connectivity index (χ3v) is 3.42. The van der Waals surface area contributed by atoms with E-state index in [1.165, 1.54) is 0 Å². The molecule has 1 N–H and O–H groups in total. The van der Waals surface area contributed by atoms with Gasteiger partial charge in [-0.1, -0.05) is 20.8 Å². The van der Waals surface area contributed by atoms with Gasteiger partial charge in [-0.15, -0.1) is 0 Å². The first-order valence-electron chi connectivity index (χ1n) is 6.72. The molecule has 1 aromatic heterocycles. The van der Waals surface area contributed by atoms with Gasteiger partial charge in [0.1, 0.15) is 0 Å². The molecule has 0 radical (unpaired) electrons. The Balaban J connectivity index is 3.16. The number of pyridine rings is 1. The van der Waals surface area contributed by atoms with Gasteiger partial charge in [0, 0.05) is 29.8 Å². The normalized spacial score (nSPS) is 14.4. The Morgan fingerprint density at radius 3 is 2.53 bits per heavy atom. The number of nitro groups is 1. The van der Waals surface area contributed by atoms with E-state index in [2.05, 4.69) is 38.0 Å². The molecule has 0 amide bonds. The quantitative estimate of drug-likeness (QED) is 0.634. The Kier molecular flexibility index (Phi) is 5.42. The number of hydrogen-bond donors (Lipinski definition) is 1. The highest BCUT2D eigenvalue weighted by atomic mass is 16.6. The van der Waals surface area contributed by atoms with Crippen molar-refractivity contribution in [3.05, 3.63) is 33.6 Å². The van der Waals surface area contributed by atoms with Gasteiger partial charge in [-0.05, 0) is 26.3 Å². The van der Waals surface area contributed by atoms with Crippen molar-refractivity contribution in [2.75, 3.05) is 6.54 Å². The third-order valence-electron chi connectivity index (χ3n) is 3.42. The Hall–Kier alpha value is -1.49. The summed E-state index contributed by atoms with van der Waals surface area (Å²) in [6.45, 7) is 11.0. The van der Waals surface area contributed by atoms with Crippen molar-refractivity contribution >= 4 is 5.69 Å². The Morgan fingerprint density at radius 1 is 1.42 bits per heavy atom. The van der Waals surface area contributed by atoms with Crippen LogP contribution < -0.4 is 5.32 Å². The lowest BCUT2D eigenvalue weighted by Crippen LogP contribution is -2.35. The van der Waals surface area contributed by atoms with Crippen LogP contribution in [0.2, 0.25) is 0 Å². The summed E-state index contributed by atoms with van der Waals surface area (Å²) in [6.07, 6.45) is 1.60. The molecule has 0 fully saturated rings. The lowest BCUT2D eigenvalue weighted by atomic mass is 9.85. The van der Waals surface area contributed by atoms with E-state index in [0.29, 0.717) is 11.5 Å². The fourth-order valence-electron chi connectivity index (χ4n) is 2.53. The molecule has 0 aliphatic carbocycles. The molecule has 0 spiro atoms. The van der Waals surface area contributed by atoms with E-state index in [0.717, 1.165) is 12.2 Å². The van der Waals surface area contributed by atoms with Crippen molar-refractivity contribution in [2.24, 2.45) is 5.92 Å². The van der Waals surface area contributed by atoms with Crippen molar-refractivity contribution in [1.29, 1.82) is 0 Å². The van der Waals surface area contributed by atoms with Gasteiger partial charge in [-0.3, -0.25) is 15.1 Å². The number of rotatable bonds is 6. The molecule has 19 heavy (non-hydrogen) atoms. The van der Waals surface area contributed by atoms with Gasteiger partial charge in [0.2, 0.25) is 0 Å². The minimum absolute atomic E-state index is 0.152. The maximum atomic E-state index is 11.0. The maximum absolute atomic E-state index is 11.0. The summed E-state index contributed by atoms with van der Waals surface area (Å²) in [4.78, 5) is 15.1. The summed E-state index contributed by atoms with van der Waals surface area (Å²) in [7, 11) is 0. The average molecular weight is 265 g/mol. The minimum Gasteiger partial charge on any atom is -0.314 e. The summed E-state index contributed by atoms with van der Waals surface area (Å²) in [5.41, 5.74) is 1.55. The number of aryl methyl sites for hydroxylation is 1. The van der Waals surface area contributed by atoms with Gasteiger partial charge < -0.3 is 5.32 Å². The summed E-state index contributed by atoms with van der Waals surface area (Å²) in [5.74, 6) is 0.531. The van der Waals surface area contributed by atoms with Crippen LogP contribution in [0.15, 0.2) is 12.3 Å². The van der Waals surface area contributed by atoms with Gasteiger partial charge >= 0.3 is 0 Å². The Labute approximate surface area is 114 Å². The van der Waals surface area contributed by atoms with Crippen LogP contribution in [0.25, 0.3) is 0 Å². The summed E-state index contributed by atoms with van der Waals surface area (Å²) in [6, 6.07) is 1.85. The average Bonchev–Trinajstić information content (AvgIpc) is 2.31.